The molecule has 0 atom stereocenters. The van der Waals surface area contributed by atoms with Crippen molar-refractivity contribution in [1.29, 1.82) is 0 Å². The predicted octanol–water partition coefficient (Wildman–Crippen LogP) is 0.438. The Balaban J connectivity index is 2.09. The van der Waals surface area contributed by atoms with E-state index in [1.54, 1.807) is 0 Å². The summed E-state index contributed by atoms with van der Waals surface area (Å²) in [5, 5.41) is 11.7. The van der Waals surface area contributed by atoms with E-state index in [-0.39, 0.29) is 22.8 Å². The Morgan fingerprint density at radius 1 is 1.33 bits per heavy atom. The van der Waals surface area contributed by atoms with E-state index in [2.05, 4.69) is 5.32 Å². The largest absolute Gasteiger partial charge is 0.393 e. The van der Waals surface area contributed by atoms with Crippen molar-refractivity contribution >= 4 is 15.9 Å². The number of nitrogens with one attached hydrogen (secondary N) is 1. The number of rotatable bonds is 5. The van der Waals surface area contributed by atoms with Crippen molar-refractivity contribution in [1.82, 2.24) is 9.62 Å². The average molecular weight is 312 g/mol. The van der Waals surface area contributed by atoms with Gasteiger partial charge in [0.15, 0.2) is 0 Å². The molecular weight excluding hydrogens is 292 g/mol. The van der Waals surface area contributed by atoms with Gasteiger partial charge in [-0.3, -0.25) is 4.79 Å². The lowest BCUT2D eigenvalue weighted by Crippen LogP contribution is -2.39. The first kappa shape index (κ1) is 15.9. The van der Waals surface area contributed by atoms with Crippen LogP contribution >= 0.6 is 0 Å². The van der Waals surface area contributed by atoms with E-state index >= 15 is 0 Å². The van der Waals surface area contributed by atoms with Crippen molar-refractivity contribution in [3.63, 3.8) is 0 Å². The summed E-state index contributed by atoms with van der Waals surface area (Å²) in [6, 6.07) is 5.86. The van der Waals surface area contributed by atoms with Crippen molar-refractivity contribution in [2.75, 3.05) is 20.6 Å². The minimum atomic E-state index is -3.56. The summed E-state index contributed by atoms with van der Waals surface area (Å²) in [6.45, 7) is 0.399. The maximum atomic E-state index is 12.4. The summed E-state index contributed by atoms with van der Waals surface area (Å²) in [5.41, 5.74) is 0.418. The summed E-state index contributed by atoms with van der Waals surface area (Å²) in [5.74, 6) is -0.0410. The molecule has 1 saturated carbocycles. The number of benzene rings is 1. The molecule has 1 amide bonds. The number of aliphatic hydroxyl groups excluding tert-OH is 1. The SMILES string of the molecule is CNC(=O)c1ccc(S(=O)(=O)N(C)CC2CC(O)C2)cc1. The molecule has 21 heavy (non-hydrogen) atoms. The summed E-state index contributed by atoms with van der Waals surface area (Å²) in [7, 11) is -0.501. The van der Waals surface area contributed by atoms with Crippen molar-refractivity contribution in [2.45, 2.75) is 23.8 Å². The summed E-state index contributed by atoms with van der Waals surface area (Å²) in [4.78, 5) is 11.6. The zero-order chi connectivity index (χ0) is 15.6. The topological polar surface area (TPSA) is 86.7 Å². The Morgan fingerprint density at radius 3 is 2.38 bits per heavy atom. The van der Waals surface area contributed by atoms with Gasteiger partial charge in [0.05, 0.1) is 11.0 Å². The summed E-state index contributed by atoms with van der Waals surface area (Å²) < 4.78 is 26.1. The lowest BCUT2D eigenvalue weighted by atomic mass is 9.82. The fourth-order valence-electron chi connectivity index (χ4n) is 2.41. The van der Waals surface area contributed by atoms with E-state index in [0.29, 0.717) is 24.9 Å². The fraction of sp³-hybridized carbons (Fsp3) is 0.500. The van der Waals surface area contributed by atoms with Crippen LogP contribution in [0, 0.1) is 5.92 Å². The number of hydrogen-bond donors (Lipinski definition) is 2. The number of carbonyl (C=O) groups is 1. The van der Waals surface area contributed by atoms with Gasteiger partial charge in [-0.15, -0.1) is 0 Å². The molecule has 6 nitrogen and oxygen atoms in total. The van der Waals surface area contributed by atoms with Gasteiger partial charge in [-0.05, 0) is 43.0 Å². The summed E-state index contributed by atoms with van der Waals surface area (Å²) >= 11 is 0. The molecule has 0 spiro atoms. The van der Waals surface area contributed by atoms with Crippen molar-refractivity contribution in [2.24, 2.45) is 5.92 Å². The first-order valence-electron chi connectivity index (χ1n) is 6.81. The van der Waals surface area contributed by atoms with Crippen LogP contribution in [0.4, 0.5) is 0 Å². The van der Waals surface area contributed by atoms with Gasteiger partial charge in [0.25, 0.3) is 5.91 Å². The molecule has 0 saturated heterocycles. The number of carbonyl (C=O) groups excluding carboxylic acids is 1. The lowest BCUT2D eigenvalue weighted by molar-refractivity contribution is 0.0367. The molecule has 0 bridgehead atoms. The number of nitrogens with zero attached hydrogens (tertiary/aromatic N) is 1. The quantitative estimate of drug-likeness (QED) is 0.826. The molecule has 0 aromatic heterocycles. The zero-order valence-corrected chi connectivity index (χ0v) is 12.9. The molecule has 1 fully saturated rings. The van der Waals surface area contributed by atoms with E-state index in [9.17, 15) is 18.3 Å². The van der Waals surface area contributed by atoms with Crippen LogP contribution in [-0.4, -0.2) is 50.5 Å². The molecule has 116 valence electrons. The van der Waals surface area contributed by atoms with Gasteiger partial charge >= 0.3 is 0 Å². The predicted molar refractivity (Wildman–Crippen MR) is 78.4 cm³/mol. The third-order valence-electron chi connectivity index (χ3n) is 3.78. The van der Waals surface area contributed by atoms with Crippen LogP contribution in [0.1, 0.15) is 23.2 Å². The van der Waals surface area contributed by atoms with Gasteiger partial charge in [-0.2, -0.15) is 0 Å². The molecule has 2 N–H and O–H groups in total. The standard InChI is InChI=1S/C14H20N2O4S/c1-15-14(18)11-3-5-13(6-4-11)21(19,20)16(2)9-10-7-12(17)8-10/h3-6,10,12,17H,7-9H2,1-2H3,(H,15,18). The van der Waals surface area contributed by atoms with E-state index < -0.39 is 10.0 Å². The molecule has 7 heteroatoms. The van der Waals surface area contributed by atoms with E-state index in [4.69, 9.17) is 0 Å². The van der Waals surface area contributed by atoms with Crippen LogP contribution in [0.5, 0.6) is 0 Å². The number of aliphatic hydroxyl groups is 1. The number of sulfonamides is 1. The van der Waals surface area contributed by atoms with Crippen molar-refractivity contribution < 1.29 is 18.3 Å². The highest BCUT2D eigenvalue weighted by Crippen LogP contribution is 2.29. The Hall–Kier alpha value is -1.44. The van der Waals surface area contributed by atoms with Gasteiger partial charge in [0.2, 0.25) is 10.0 Å². The Bertz CT molecular complexity index is 606. The third kappa shape index (κ3) is 3.42. The monoisotopic (exact) mass is 312 g/mol. The molecule has 0 aliphatic heterocycles. The molecule has 2 rings (SSSR count). The van der Waals surface area contributed by atoms with Gasteiger partial charge in [0.1, 0.15) is 0 Å². The van der Waals surface area contributed by atoms with E-state index in [0.717, 1.165) is 0 Å². The molecule has 0 heterocycles. The highest BCUT2D eigenvalue weighted by molar-refractivity contribution is 7.89. The lowest BCUT2D eigenvalue weighted by Gasteiger charge is -2.34. The molecule has 1 aliphatic rings. The van der Waals surface area contributed by atoms with Crippen LogP contribution in [0.3, 0.4) is 0 Å². The highest BCUT2D eigenvalue weighted by atomic mass is 32.2. The van der Waals surface area contributed by atoms with E-state index in [1.165, 1.54) is 42.7 Å². The average Bonchev–Trinajstić information content (AvgIpc) is 2.44. The van der Waals surface area contributed by atoms with Crippen molar-refractivity contribution in [3.05, 3.63) is 29.8 Å². The molecular formula is C14H20N2O4S. The molecule has 0 unspecified atom stereocenters. The van der Waals surface area contributed by atoms with Crippen LogP contribution in [0.15, 0.2) is 29.2 Å². The minimum absolute atomic E-state index is 0.164. The Kier molecular flexibility index (Phi) is 4.65. The zero-order valence-electron chi connectivity index (χ0n) is 12.1. The molecule has 1 aromatic carbocycles. The second-order valence-corrected chi connectivity index (χ2v) is 7.43. The van der Waals surface area contributed by atoms with Gasteiger partial charge in [-0.25, -0.2) is 12.7 Å². The fourth-order valence-corrected chi connectivity index (χ4v) is 3.66. The minimum Gasteiger partial charge on any atom is -0.393 e. The van der Waals surface area contributed by atoms with Gasteiger partial charge < -0.3 is 10.4 Å². The maximum absolute atomic E-state index is 12.4. The van der Waals surface area contributed by atoms with Crippen LogP contribution < -0.4 is 5.32 Å². The maximum Gasteiger partial charge on any atom is 0.251 e. The summed E-state index contributed by atoms with van der Waals surface area (Å²) in [6.07, 6.45) is 1.00. The van der Waals surface area contributed by atoms with Gasteiger partial charge in [-0.1, -0.05) is 0 Å². The second-order valence-electron chi connectivity index (χ2n) is 5.38. The van der Waals surface area contributed by atoms with Crippen LogP contribution in [0.25, 0.3) is 0 Å². The third-order valence-corrected chi connectivity index (χ3v) is 5.62. The number of amides is 1. The van der Waals surface area contributed by atoms with Crippen molar-refractivity contribution in [3.8, 4) is 0 Å². The Morgan fingerprint density at radius 2 is 1.90 bits per heavy atom. The van der Waals surface area contributed by atoms with Crippen LogP contribution in [0.2, 0.25) is 0 Å². The Labute approximate surface area is 124 Å². The van der Waals surface area contributed by atoms with Crippen LogP contribution in [-0.2, 0) is 10.0 Å². The van der Waals surface area contributed by atoms with E-state index in [1.807, 2.05) is 0 Å². The number of hydrogen-bond acceptors (Lipinski definition) is 4. The van der Waals surface area contributed by atoms with Gasteiger partial charge in [0, 0.05) is 26.2 Å². The molecule has 0 radical (unpaired) electrons. The smallest absolute Gasteiger partial charge is 0.251 e. The highest BCUT2D eigenvalue weighted by Gasteiger charge is 2.31. The second kappa shape index (κ2) is 6.13. The first-order chi connectivity index (χ1) is 9.84. The molecule has 1 aromatic rings. The normalized spacial score (nSPS) is 21.9. The molecule has 1 aliphatic carbocycles. The first-order valence-corrected chi connectivity index (χ1v) is 8.25.